The molecule has 2 saturated carbocycles. The lowest BCUT2D eigenvalue weighted by atomic mass is 9.99. The summed E-state index contributed by atoms with van der Waals surface area (Å²) >= 11 is 0. The Morgan fingerprint density at radius 2 is 2.15 bits per heavy atom. The van der Waals surface area contributed by atoms with Gasteiger partial charge in [0.2, 0.25) is 0 Å². The standard InChI is InChI=1S/C10H14O3/c1-6(11)13-10-5-3-7-8(10)2-4-9(7)12/h7-8,10H,2-5H2,1H3/t7-,8-,10+/m1/s1. The van der Waals surface area contributed by atoms with Crippen molar-refractivity contribution in [2.24, 2.45) is 11.8 Å². The highest BCUT2D eigenvalue weighted by atomic mass is 16.5. The fourth-order valence-corrected chi connectivity index (χ4v) is 2.67. The van der Waals surface area contributed by atoms with Crippen molar-refractivity contribution in [2.45, 2.75) is 38.7 Å². The van der Waals surface area contributed by atoms with E-state index in [0.29, 0.717) is 18.1 Å². The molecule has 2 rings (SSSR count). The Balaban J connectivity index is 2.02. The first-order valence-corrected chi connectivity index (χ1v) is 4.88. The maximum Gasteiger partial charge on any atom is 0.302 e. The minimum Gasteiger partial charge on any atom is -0.462 e. The second-order valence-corrected chi connectivity index (χ2v) is 4.00. The van der Waals surface area contributed by atoms with Gasteiger partial charge in [0.1, 0.15) is 11.9 Å². The van der Waals surface area contributed by atoms with Crippen LogP contribution in [0.2, 0.25) is 0 Å². The molecular formula is C10H14O3. The van der Waals surface area contributed by atoms with Crippen LogP contribution in [0.1, 0.15) is 32.6 Å². The summed E-state index contributed by atoms with van der Waals surface area (Å²) in [5.74, 6) is 0.686. The normalized spacial score (nSPS) is 37.6. The fourth-order valence-electron chi connectivity index (χ4n) is 2.67. The molecular weight excluding hydrogens is 168 g/mol. The van der Waals surface area contributed by atoms with Crippen LogP contribution in [0.25, 0.3) is 0 Å². The van der Waals surface area contributed by atoms with E-state index in [4.69, 9.17) is 4.74 Å². The summed E-state index contributed by atoms with van der Waals surface area (Å²) in [6.07, 6.45) is 3.42. The second-order valence-electron chi connectivity index (χ2n) is 4.00. The highest BCUT2D eigenvalue weighted by molar-refractivity contribution is 5.84. The molecule has 0 aliphatic heterocycles. The first kappa shape index (κ1) is 8.73. The molecule has 0 N–H and O–H groups in total. The van der Waals surface area contributed by atoms with Crippen LogP contribution in [0, 0.1) is 11.8 Å². The molecule has 0 saturated heterocycles. The molecule has 72 valence electrons. The molecule has 0 aromatic carbocycles. The quantitative estimate of drug-likeness (QED) is 0.574. The van der Waals surface area contributed by atoms with Crippen LogP contribution >= 0.6 is 0 Å². The Labute approximate surface area is 77.4 Å². The van der Waals surface area contributed by atoms with E-state index < -0.39 is 0 Å². The molecule has 0 amide bonds. The van der Waals surface area contributed by atoms with Crippen LogP contribution in [-0.2, 0) is 14.3 Å². The van der Waals surface area contributed by atoms with Gasteiger partial charge in [-0.05, 0) is 19.3 Å². The van der Waals surface area contributed by atoms with Gasteiger partial charge < -0.3 is 4.74 Å². The summed E-state index contributed by atoms with van der Waals surface area (Å²) in [6, 6.07) is 0. The van der Waals surface area contributed by atoms with Gasteiger partial charge in [-0.15, -0.1) is 0 Å². The first-order chi connectivity index (χ1) is 6.18. The Morgan fingerprint density at radius 1 is 1.38 bits per heavy atom. The van der Waals surface area contributed by atoms with Crippen molar-refractivity contribution in [3.8, 4) is 0 Å². The molecule has 0 spiro atoms. The van der Waals surface area contributed by atoms with E-state index in [-0.39, 0.29) is 18.0 Å². The van der Waals surface area contributed by atoms with Crippen LogP contribution in [0.5, 0.6) is 0 Å². The van der Waals surface area contributed by atoms with Crippen LogP contribution in [-0.4, -0.2) is 17.9 Å². The van der Waals surface area contributed by atoms with Crippen molar-refractivity contribution < 1.29 is 14.3 Å². The topological polar surface area (TPSA) is 43.4 Å². The number of esters is 1. The zero-order valence-electron chi connectivity index (χ0n) is 7.79. The zero-order valence-corrected chi connectivity index (χ0v) is 7.79. The lowest BCUT2D eigenvalue weighted by molar-refractivity contribution is -0.148. The molecule has 0 bridgehead atoms. The van der Waals surface area contributed by atoms with Crippen molar-refractivity contribution >= 4 is 11.8 Å². The highest BCUT2D eigenvalue weighted by Gasteiger charge is 2.45. The molecule has 0 aromatic heterocycles. The van der Waals surface area contributed by atoms with Gasteiger partial charge in [-0.3, -0.25) is 9.59 Å². The van der Waals surface area contributed by atoms with Gasteiger partial charge in [0.05, 0.1) is 0 Å². The summed E-state index contributed by atoms with van der Waals surface area (Å²) in [5.41, 5.74) is 0. The third kappa shape index (κ3) is 1.47. The third-order valence-corrected chi connectivity index (χ3v) is 3.21. The molecule has 2 fully saturated rings. The van der Waals surface area contributed by atoms with E-state index in [2.05, 4.69) is 0 Å². The minimum absolute atomic E-state index is 0.0222. The number of ketones is 1. The van der Waals surface area contributed by atoms with Gasteiger partial charge in [-0.25, -0.2) is 0 Å². The number of Topliss-reactive ketones (excluding diaryl/α,β-unsaturated/α-hetero) is 1. The lowest BCUT2D eigenvalue weighted by Crippen LogP contribution is -2.22. The van der Waals surface area contributed by atoms with Gasteiger partial charge in [-0.2, -0.15) is 0 Å². The molecule has 0 radical (unpaired) electrons. The summed E-state index contributed by atoms with van der Waals surface area (Å²) in [6.45, 7) is 1.43. The largest absolute Gasteiger partial charge is 0.462 e. The molecule has 2 aliphatic carbocycles. The molecule has 13 heavy (non-hydrogen) atoms. The number of hydrogen-bond acceptors (Lipinski definition) is 3. The van der Waals surface area contributed by atoms with Gasteiger partial charge in [-0.1, -0.05) is 0 Å². The van der Waals surface area contributed by atoms with Crippen LogP contribution in [0.3, 0.4) is 0 Å². The first-order valence-electron chi connectivity index (χ1n) is 4.88. The van der Waals surface area contributed by atoms with Gasteiger partial charge in [0.15, 0.2) is 0 Å². The van der Waals surface area contributed by atoms with E-state index in [1.807, 2.05) is 0 Å². The van der Waals surface area contributed by atoms with Crippen molar-refractivity contribution in [3.63, 3.8) is 0 Å². The van der Waals surface area contributed by atoms with E-state index in [1.165, 1.54) is 6.92 Å². The second kappa shape index (κ2) is 3.13. The lowest BCUT2D eigenvalue weighted by Gasteiger charge is -2.17. The van der Waals surface area contributed by atoms with E-state index in [0.717, 1.165) is 19.3 Å². The Bertz CT molecular complexity index is 247. The molecule has 2 aliphatic rings. The van der Waals surface area contributed by atoms with Crippen molar-refractivity contribution in [1.29, 1.82) is 0 Å². The molecule has 3 atom stereocenters. The fraction of sp³-hybridized carbons (Fsp3) is 0.800. The number of ether oxygens (including phenoxy) is 1. The Hall–Kier alpha value is -0.860. The van der Waals surface area contributed by atoms with Gasteiger partial charge >= 0.3 is 5.97 Å². The van der Waals surface area contributed by atoms with Gasteiger partial charge in [0.25, 0.3) is 0 Å². The van der Waals surface area contributed by atoms with Gasteiger partial charge in [0, 0.05) is 25.2 Å². The molecule has 0 unspecified atom stereocenters. The SMILES string of the molecule is CC(=O)O[C@H]1CC[C@H]2C(=O)CC[C@@H]12. The summed E-state index contributed by atoms with van der Waals surface area (Å²) in [4.78, 5) is 22.1. The zero-order chi connectivity index (χ0) is 9.42. The van der Waals surface area contributed by atoms with E-state index >= 15 is 0 Å². The summed E-state index contributed by atoms with van der Waals surface area (Å²) < 4.78 is 5.18. The molecule has 0 heterocycles. The predicted molar refractivity (Wildman–Crippen MR) is 46.0 cm³/mol. The average Bonchev–Trinajstić information content (AvgIpc) is 2.56. The maximum atomic E-state index is 11.3. The summed E-state index contributed by atoms with van der Waals surface area (Å²) in [7, 11) is 0. The highest BCUT2D eigenvalue weighted by Crippen LogP contribution is 2.43. The van der Waals surface area contributed by atoms with Crippen molar-refractivity contribution in [3.05, 3.63) is 0 Å². The number of fused-ring (bicyclic) bond motifs is 1. The molecule has 3 nitrogen and oxygen atoms in total. The van der Waals surface area contributed by atoms with E-state index in [1.54, 1.807) is 0 Å². The monoisotopic (exact) mass is 182 g/mol. The minimum atomic E-state index is -0.218. The Morgan fingerprint density at radius 3 is 2.85 bits per heavy atom. The third-order valence-electron chi connectivity index (χ3n) is 3.21. The number of carbonyl (C=O) groups is 2. The number of carbonyl (C=O) groups excluding carboxylic acids is 2. The smallest absolute Gasteiger partial charge is 0.302 e. The predicted octanol–water partition coefficient (Wildman–Crippen LogP) is 1.31. The summed E-state index contributed by atoms with van der Waals surface area (Å²) in [5, 5.41) is 0. The van der Waals surface area contributed by atoms with Crippen LogP contribution < -0.4 is 0 Å². The molecule has 0 aromatic rings. The van der Waals surface area contributed by atoms with E-state index in [9.17, 15) is 9.59 Å². The maximum absolute atomic E-state index is 11.3. The van der Waals surface area contributed by atoms with Crippen LogP contribution in [0.4, 0.5) is 0 Å². The number of rotatable bonds is 1. The number of hydrogen-bond donors (Lipinski definition) is 0. The van der Waals surface area contributed by atoms with Crippen molar-refractivity contribution in [1.82, 2.24) is 0 Å². The van der Waals surface area contributed by atoms with Crippen LogP contribution in [0.15, 0.2) is 0 Å². The molecule has 3 heteroatoms. The van der Waals surface area contributed by atoms with Crippen molar-refractivity contribution in [2.75, 3.05) is 0 Å². The Kier molecular flexibility index (Phi) is 2.10. The average molecular weight is 182 g/mol.